The van der Waals surface area contributed by atoms with Crippen LogP contribution >= 0.6 is 0 Å². The first kappa shape index (κ1) is 26.7. The molecule has 0 saturated heterocycles. The summed E-state index contributed by atoms with van der Waals surface area (Å²) in [5.41, 5.74) is 11.4. The molecule has 0 aromatic heterocycles. The second-order valence-electron chi connectivity index (χ2n) is 13.0. The lowest BCUT2D eigenvalue weighted by Gasteiger charge is -2.28. The van der Waals surface area contributed by atoms with Crippen molar-refractivity contribution in [3.05, 3.63) is 175 Å². The van der Waals surface area contributed by atoms with Crippen molar-refractivity contribution in [2.24, 2.45) is 0 Å². The Balaban J connectivity index is 1.20. The molecule has 0 unspecified atom stereocenters. The number of benzene rings is 8. The standard InChI is InChI=1S/C45H33N/c1-45(2)43-17-8-7-15-41(43)42-29-38(24-25-44(42)45)46(36-22-20-30-10-3-4-12-32(30)27-36)37-23-21-33-26-35(19-18-34(33)28-37)40-16-9-13-31-11-5-6-14-39(31)40/h3-29H,1-2H3. The molecule has 1 aliphatic rings. The van der Waals surface area contributed by atoms with Gasteiger partial charge in [0.2, 0.25) is 0 Å². The van der Waals surface area contributed by atoms with Crippen LogP contribution in [-0.4, -0.2) is 0 Å². The van der Waals surface area contributed by atoms with Crippen molar-refractivity contribution in [3.63, 3.8) is 0 Å². The maximum Gasteiger partial charge on any atom is 0.0468 e. The smallest absolute Gasteiger partial charge is 0.0468 e. The minimum absolute atomic E-state index is 0.0248. The summed E-state index contributed by atoms with van der Waals surface area (Å²) in [5.74, 6) is 0. The fraction of sp³-hybridized carbons (Fsp3) is 0.0667. The van der Waals surface area contributed by atoms with Crippen molar-refractivity contribution in [1.82, 2.24) is 0 Å². The minimum Gasteiger partial charge on any atom is -0.310 e. The van der Waals surface area contributed by atoms with Crippen molar-refractivity contribution in [1.29, 1.82) is 0 Å². The van der Waals surface area contributed by atoms with Crippen LogP contribution in [-0.2, 0) is 5.41 Å². The van der Waals surface area contributed by atoms with Crippen LogP contribution in [0.3, 0.4) is 0 Å². The summed E-state index contributed by atoms with van der Waals surface area (Å²) in [7, 11) is 0. The predicted molar refractivity (Wildman–Crippen MR) is 197 cm³/mol. The SMILES string of the molecule is CC1(C)c2ccccc2-c2cc(N(c3ccc4ccccc4c3)c3ccc4cc(-c5cccc6ccccc56)ccc4c3)ccc21. The van der Waals surface area contributed by atoms with Crippen molar-refractivity contribution >= 4 is 49.4 Å². The maximum absolute atomic E-state index is 2.42. The Bertz CT molecular complexity index is 2460. The van der Waals surface area contributed by atoms with Gasteiger partial charge < -0.3 is 4.90 Å². The number of fused-ring (bicyclic) bond motifs is 6. The Morgan fingerprint density at radius 1 is 0.370 bits per heavy atom. The van der Waals surface area contributed by atoms with Crippen LogP contribution in [0, 0.1) is 0 Å². The first-order chi connectivity index (χ1) is 22.5. The average molecular weight is 588 g/mol. The van der Waals surface area contributed by atoms with Gasteiger partial charge in [0, 0.05) is 22.5 Å². The van der Waals surface area contributed by atoms with Gasteiger partial charge in [0.05, 0.1) is 0 Å². The van der Waals surface area contributed by atoms with E-state index in [9.17, 15) is 0 Å². The van der Waals surface area contributed by atoms with E-state index in [0.29, 0.717) is 0 Å². The van der Waals surface area contributed by atoms with Crippen LogP contribution < -0.4 is 4.90 Å². The molecule has 0 N–H and O–H groups in total. The summed E-state index contributed by atoms with van der Waals surface area (Å²) in [6, 6.07) is 60.3. The van der Waals surface area contributed by atoms with Crippen LogP contribution in [0.25, 0.3) is 54.6 Å². The Kier molecular flexibility index (Phi) is 5.92. The summed E-state index contributed by atoms with van der Waals surface area (Å²) in [5, 5.41) is 7.48. The van der Waals surface area contributed by atoms with Crippen LogP contribution in [0.1, 0.15) is 25.0 Å². The van der Waals surface area contributed by atoms with E-state index in [4.69, 9.17) is 0 Å². The Morgan fingerprint density at radius 3 is 1.76 bits per heavy atom. The van der Waals surface area contributed by atoms with Gasteiger partial charge in [-0.2, -0.15) is 0 Å². The number of hydrogen-bond acceptors (Lipinski definition) is 1. The molecule has 0 saturated carbocycles. The highest BCUT2D eigenvalue weighted by Crippen LogP contribution is 2.50. The molecule has 1 nitrogen and oxygen atoms in total. The summed E-state index contributed by atoms with van der Waals surface area (Å²) in [6.07, 6.45) is 0. The Hall–Kier alpha value is -5.66. The number of anilines is 3. The zero-order valence-electron chi connectivity index (χ0n) is 26.0. The third-order valence-corrected chi connectivity index (χ3v) is 10.00. The Morgan fingerprint density at radius 2 is 0.913 bits per heavy atom. The normalized spacial score (nSPS) is 13.2. The highest BCUT2D eigenvalue weighted by Gasteiger charge is 2.35. The number of rotatable bonds is 4. The monoisotopic (exact) mass is 587 g/mol. The quantitative estimate of drug-likeness (QED) is 0.198. The zero-order valence-corrected chi connectivity index (χ0v) is 26.0. The van der Waals surface area contributed by atoms with E-state index in [1.54, 1.807) is 0 Å². The molecule has 0 aliphatic heterocycles. The largest absolute Gasteiger partial charge is 0.310 e. The first-order valence-electron chi connectivity index (χ1n) is 16.1. The summed E-state index contributed by atoms with van der Waals surface area (Å²) in [6.45, 7) is 4.68. The summed E-state index contributed by atoms with van der Waals surface area (Å²) in [4.78, 5) is 2.42. The van der Waals surface area contributed by atoms with Crippen molar-refractivity contribution in [2.45, 2.75) is 19.3 Å². The van der Waals surface area contributed by atoms with Gasteiger partial charge in [-0.25, -0.2) is 0 Å². The first-order valence-corrected chi connectivity index (χ1v) is 16.1. The van der Waals surface area contributed by atoms with Gasteiger partial charge in [-0.15, -0.1) is 0 Å². The molecule has 9 rings (SSSR count). The predicted octanol–water partition coefficient (Wildman–Crippen LogP) is 12.6. The van der Waals surface area contributed by atoms with Gasteiger partial charge in [0.15, 0.2) is 0 Å². The third kappa shape index (κ3) is 4.16. The third-order valence-electron chi connectivity index (χ3n) is 10.00. The van der Waals surface area contributed by atoms with Crippen molar-refractivity contribution in [3.8, 4) is 22.3 Å². The molecular weight excluding hydrogens is 555 g/mol. The van der Waals surface area contributed by atoms with E-state index in [0.717, 1.165) is 17.1 Å². The highest BCUT2D eigenvalue weighted by atomic mass is 15.1. The van der Waals surface area contributed by atoms with Crippen LogP contribution in [0.5, 0.6) is 0 Å². The van der Waals surface area contributed by atoms with E-state index >= 15 is 0 Å². The molecule has 1 aliphatic carbocycles. The van der Waals surface area contributed by atoms with Gasteiger partial charge in [-0.3, -0.25) is 0 Å². The van der Waals surface area contributed by atoms with Gasteiger partial charge in [-0.05, 0) is 108 Å². The summed E-state index contributed by atoms with van der Waals surface area (Å²) >= 11 is 0. The lowest BCUT2D eigenvalue weighted by molar-refractivity contribution is 0.660. The topological polar surface area (TPSA) is 3.24 Å². The molecule has 8 aromatic rings. The molecule has 0 spiro atoms. The van der Waals surface area contributed by atoms with Gasteiger partial charge in [-0.1, -0.05) is 135 Å². The fourth-order valence-corrected chi connectivity index (χ4v) is 7.63. The van der Waals surface area contributed by atoms with Gasteiger partial charge in [0.25, 0.3) is 0 Å². The molecule has 0 heterocycles. The lowest BCUT2D eigenvalue weighted by atomic mass is 9.82. The molecule has 0 amide bonds. The molecule has 0 atom stereocenters. The molecule has 1 heteroatoms. The summed E-state index contributed by atoms with van der Waals surface area (Å²) < 4.78 is 0. The molecule has 0 bridgehead atoms. The van der Waals surface area contributed by atoms with Gasteiger partial charge >= 0.3 is 0 Å². The molecule has 0 radical (unpaired) electrons. The molecule has 46 heavy (non-hydrogen) atoms. The van der Waals surface area contributed by atoms with E-state index < -0.39 is 0 Å². The average Bonchev–Trinajstić information content (AvgIpc) is 3.33. The second-order valence-corrected chi connectivity index (χ2v) is 13.0. The minimum atomic E-state index is -0.0248. The molecule has 8 aromatic carbocycles. The maximum atomic E-state index is 2.42. The second kappa shape index (κ2) is 10.2. The van der Waals surface area contributed by atoms with E-state index in [-0.39, 0.29) is 5.41 Å². The van der Waals surface area contributed by atoms with Crippen LogP contribution in [0.15, 0.2) is 164 Å². The van der Waals surface area contributed by atoms with Crippen molar-refractivity contribution in [2.75, 3.05) is 4.90 Å². The van der Waals surface area contributed by atoms with Gasteiger partial charge in [0.1, 0.15) is 0 Å². The fourth-order valence-electron chi connectivity index (χ4n) is 7.63. The van der Waals surface area contributed by atoms with Crippen LogP contribution in [0.4, 0.5) is 17.1 Å². The molecule has 0 fully saturated rings. The molecular formula is C45H33N. The van der Waals surface area contributed by atoms with E-state index in [1.165, 1.54) is 65.7 Å². The highest BCUT2D eigenvalue weighted by molar-refractivity contribution is 6.00. The number of nitrogens with zero attached hydrogens (tertiary/aromatic N) is 1. The Labute approximate surface area is 270 Å². The van der Waals surface area contributed by atoms with E-state index in [2.05, 4.69) is 183 Å². The zero-order chi connectivity index (χ0) is 30.8. The van der Waals surface area contributed by atoms with Crippen molar-refractivity contribution < 1.29 is 0 Å². The lowest BCUT2D eigenvalue weighted by Crippen LogP contribution is -2.15. The number of hydrogen-bond donors (Lipinski definition) is 0. The van der Waals surface area contributed by atoms with Crippen LogP contribution in [0.2, 0.25) is 0 Å². The molecule has 218 valence electrons. The van der Waals surface area contributed by atoms with E-state index in [1.807, 2.05) is 0 Å².